The van der Waals surface area contributed by atoms with Gasteiger partial charge in [-0.15, -0.1) is 0 Å². The molecule has 0 aliphatic carbocycles. The van der Waals surface area contributed by atoms with Crippen molar-refractivity contribution < 1.29 is 27.1 Å². The molecule has 1 aromatic rings. The van der Waals surface area contributed by atoms with Crippen molar-refractivity contribution in [3.8, 4) is 5.75 Å². The Labute approximate surface area is 100 Å². The number of rotatable bonds is 5. The van der Waals surface area contributed by atoms with Gasteiger partial charge in [-0.2, -0.15) is 13.8 Å². The Morgan fingerprint density at radius 2 is 2.11 bits per heavy atom. The summed E-state index contributed by atoms with van der Waals surface area (Å²) >= 11 is 0. The standard InChI is InChI=1S/C11H9F4NO2/c1-7-4-8(2-3-9(7)16-6-17)18-5-11(14,15)10(12)13/h2-4,10H,5H2,1H3. The first-order valence-corrected chi connectivity index (χ1v) is 4.84. The fraction of sp³-hybridized carbons (Fsp3) is 0.364. The second-order valence-electron chi connectivity index (χ2n) is 3.50. The highest BCUT2D eigenvalue weighted by Gasteiger charge is 2.41. The molecule has 0 aliphatic rings. The van der Waals surface area contributed by atoms with Gasteiger partial charge in [-0.05, 0) is 30.7 Å². The number of halogens is 4. The average Bonchev–Trinajstić information content (AvgIpc) is 2.30. The molecule has 18 heavy (non-hydrogen) atoms. The molecule has 0 heterocycles. The van der Waals surface area contributed by atoms with E-state index in [0.29, 0.717) is 11.3 Å². The van der Waals surface area contributed by atoms with Crippen molar-refractivity contribution in [3.63, 3.8) is 0 Å². The molecule has 0 saturated carbocycles. The molecule has 1 aromatic carbocycles. The van der Waals surface area contributed by atoms with E-state index >= 15 is 0 Å². The number of alkyl halides is 4. The number of aryl methyl sites for hydroxylation is 1. The molecule has 3 nitrogen and oxygen atoms in total. The Morgan fingerprint density at radius 1 is 1.44 bits per heavy atom. The number of aliphatic imine (C=N–C) groups is 1. The number of ether oxygens (including phenoxy) is 1. The van der Waals surface area contributed by atoms with E-state index in [4.69, 9.17) is 0 Å². The van der Waals surface area contributed by atoms with Crippen LogP contribution in [0.5, 0.6) is 5.75 Å². The Bertz CT molecular complexity index is 470. The zero-order valence-corrected chi connectivity index (χ0v) is 9.29. The fourth-order valence-electron chi connectivity index (χ4n) is 1.13. The fourth-order valence-corrected chi connectivity index (χ4v) is 1.13. The van der Waals surface area contributed by atoms with Crippen LogP contribution in [0.25, 0.3) is 0 Å². The van der Waals surface area contributed by atoms with Gasteiger partial charge < -0.3 is 4.74 Å². The number of benzene rings is 1. The molecule has 0 N–H and O–H groups in total. The Kier molecular flexibility index (Phi) is 4.44. The molecule has 7 heteroatoms. The summed E-state index contributed by atoms with van der Waals surface area (Å²) in [4.78, 5) is 13.4. The van der Waals surface area contributed by atoms with Gasteiger partial charge in [0.2, 0.25) is 6.08 Å². The number of carbonyl (C=O) groups excluding carboxylic acids is 1. The van der Waals surface area contributed by atoms with Gasteiger partial charge in [0.1, 0.15) is 5.75 Å². The first-order chi connectivity index (χ1) is 8.36. The molecule has 0 amide bonds. The lowest BCUT2D eigenvalue weighted by atomic mass is 10.2. The summed E-state index contributed by atoms with van der Waals surface area (Å²) in [5, 5.41) is 0. The summed E-state index contributed by atoms with van der Waals surface area (Å²) < 4.78 is 53.5. The molecule has 0 spiro atoms. The minimum Gasteiger partial charge on any atom is -0.487 e. The monoisotopic (exact) mass is 263 g/mol. The van der Waals surface area contributed by atoms with Gasteiger partial charge >= 0.3 is 12.3 Å². The van der Waals surface area contributed by atoms with Crippen LogP contribution in [0, 0.1) is 6.92 Å². The van der Waals surface area contributed by atoms with Gasteiger partial charge in [-0.1, -0.05) is 0 Å². The predicted octanol–water partition coefficient (Wildman–Crippen LogP) is 3.24. The van der Waals surface area contributed by atoms with Crippen LogP contribution in [0.3, 0.4) is 0 Å². The lowest BCUT2D eigenvalue weighted by Gasteiger charge is -2.16. The molecular weight excluding hydrogens is 254 g/mol. The van der Waals surface area contributed by atoms with E-state index in [1.54, 1.807) is 6.92 Å². The highest BCUT2D eigenvalue weighted by atomic mass is 19.3. The smallest absolute Gasteiger partial charge is 0.340 e. The molecule has 0 unspecified atom stereocenters. The van der Waals surface area contributed by atoms with Gasteiger partial charge in [0, 0.05) is 0 Å². The molecule has 0 aromatic heterocycles. The van der Waals surface area contributed by atoms with Crippen LogP contribution < -0.4 is 4.74 Å². The lowest BCUT2D eigenvalue weighted by molar-refractivity contribution is -0.148. The highest BCUT2D eigenvalue weighted by molar-refractivity contribution is 5.55. The minimum atomic E-state index is -4.20. The maximum Gasteiger partial charge on any atom is 0.340 e. The number of hydrogen-bond donors (Lipinski definition) is 0. The number of hydrogen-bond acceptors (Lipinski definition) is 3. The van der Waals surface area contributed by atoms with E-state index in [9.17, 15) is 22.4 Å². The van der Waals surface area contributed by atoms with Gasteiger partial charge in [0.15, 0.2) is 6.61 Å². The largest absolute Gasteiger partial charge is 0.487 e. The molecule has 0 atom stereocenters. The van der Waals surface area contributed by atoms with Crippen molar-refractivity contribution >= 4 is 11.8 Å². The van der Waals surface area contributed by atoms with E-state index in [2.05, 4.69) is 9.73 Å². The Balaban J connectivity index is 2.75. The molecule has 98 valence electrons. The average molecular weight is 263 g/mol. The number of nitrogens with zero attached hydrogens (tertiary/aromatic N) is 1. The van der Waals surface area contributed by atoms with E-state index < -0.39 is 19.0 Å². The van der Waals surface area contributed by atoms with E-state index in [0.717, 1.165) is 0 Å². The summed E-state index contributed by atoms with van der Waals surface area (Å²) in [6, 6.07) is 3.92. The molecule has 1 rings (SSSR count). The second kappa shape index (κ2) is 5.64. The lowest BCUT2D eigenvalue weighted by Crippen LogP contribution is -2.33. The van der Waals surface area contributed by atoms with Gasteiger partial charge in [0.25, 0.3) is 0 Å². The van der Waals surface area contributed by atoms with Crippen molar-refractivity contribution in [1.82, 2.24) is 0 Å². The van der Waals surface area contributed by atoms with Crippen LogP contribution in [-0.4, -0.2) is 25.0 Å². The Hall–Kier alpha value is -1.88. The Morgan fingerprint density at radius 3 is 2.61 bits per heavy atom. The molecule has 0 radical (unpaired) electrons. The summed E-state index contributed by atoms with van der Waals surface area (Å²) in [6.07, 6.45) is -2.45. The van der Waals surface area contributed by atoms with Gasteiger partial charge in [-0.3, -0.25) is 0 Å². The quantitative estimate of drug-likeness (QED) is 0.464. The van der Waals surface area contributed by atoms with Crippen molar-refractivity contribution in [2.24, 2.45) is 4.99 Å². The van der Waals surface area contributed by atoms with Crippen molar-refractivity contribution in [3.05, 3.63) is 23.8 Å². The minimum absolute atomic E-state index is 0.00215. The van der Waals surface area contributed by atoms with Gasteiger partial charge in [-0.25, -0.2) is 13.6 Å². The van der Waals surface area contributed by atoms with Crippen molar-refractivity contribution in [1.29, 1.82) is 0 Å². The molecule has 0 bridgehead atoms. The SMILES string of the molecule is Cc1cc(OCC(F)(F)C(F)F)ccc1N=C=O. The van der Waals surface area contributed by atoms with E-state index in [-0.39, 0.29) is 5.75 Å². The van der Waals surface area contributed by atoms with Crippen LogP contribution in [0.15, 0.2) is 23.2 Å². The third kappa shape index (κ3) is 3.56. The van der Waals surface area contributed by atoms with Crippen LogP contribution in [0.2, 0.25) is 0 Å². The van der Waals surface area contributed by atoms with Crippen molar-refractivity contribution in [2.75, 3.05) is 6.61 Å². The third-order valence-electron chi connectivity index (χ3n) is 2.08. The van der Waals surface area contributed by atoms with Crippen LogP contribution in [0.4, 0.5) is 23.2 Å². The van der Waals surface area contributed by atoms with Crippen LogP contribution >= 0.6 is 0 Å². The molecule has 0 aliphatic heterocycles. The molecule has 0 fully saturated rings. The second-order valence-corrected chi connectivity index (χ2v) is 3.50. The number of isocyanates is 1. The van der Waals surface area contributed by atoms with Crippen molar-refractivity contribution in [2.45, 2.75) is 19.3 Å². The normalized spacial score (nSPS) is 11.2. The summed E-state index contributed by atoms with van der Waals surface area (Å²) in [7, 11) is 0. The van der Waals surface area contributed by atoms with Crippen LogP contribution in [-0.2, 0) is 4.79 Å². The highest BCUT2D eigenvalue weighted by Crippen LogP contribution is 2.27. The van der Waals surface area contributed by atoms with Gasteiger partial charge in [0.05, 0.1) is 5.69 Å². The van der Waals surface area contributed by atoms with E-state index in [1.165, 1.54) is 24.3 Å². The topological polar surface area (TPSA) is 38.7 Å². The maximum atomic E-state index is 12.6. The summed E-state index contributed by atoms with van der Waals surface area (Å²) in [5.41, 5.74) is 0.786. The maximum absolute atomic E-state index is 12.6. The zero-order chi connectivity index (χ0) is 13.8. The molecular formula is C11H9F4NO2. The van der Waals surface area contributed by atoms with Crippen LogP contribution in [0.1, 0.15) is 5.56 Å². The summed E-state index contributed by atoms with van der Waals surface area (Å²) in [5.74, 6) is -4.20. The first-order valence-electron chi connectivity index (χ1n) is 4.84. The first kappa shape index (κ1) is 14.2. The summed E-state index contributed by atoms with van der Waals surface area (Å²) in [6.45, 7) is 0.148. The van der Waals surface area contributed by atoms with E-state index in [1.807, 2.05) is 0 Å². The predicted molar refractivity (Wildman–Crippen MR) is 55.4 cm³/mol. The zero-order valence-electron chi connectivity index (χ0n) is 9.29. The molecule has 0 saturated heterocycles. The third-order valence-corrected chi connectivity index (χ3v) is 2.08.